The summed E-state index contributed by atoms with van der Waals surface area (Å²) in [6, 6.07) is 6.21. The molecule has 0 heterocycles. The minimum atomic E-state index is -4.23. The smallest absolute Gasteiger partial charge is 0.408 e. The van der Waals surface area contributed by atoms with Gasteiger partial charge in [-0.05, 0) is 51.3 Å². The third-order valence-corrected chi connectivity index (χ3v) is 4.70. The van der Waals surface area contributed by atoms with Gasteiger partial charge in [0.1, 0.15) is 17.7 Å². The van der Waals surface area contributed by atoms with Gasteiger partial charge < -0.3 is 20.1 Å². The Kier molecular flexibility index (Phi) is 7.91. The van der Waals surface area contributed by atoms with Crippen molar-refractivity contribution in [1.82, 2.24) is 5.32 Å². The van der Waals surface area contributed by atoms with Gasteiger partial charge in [-0.3, -0.25) is 4.79 Å². The average Bonchev–Trinajstić information content (AvgIpc) is 3.09. The lowest BCUT2D eigenvalue weighted by atomic mass is 9.96. The van der Waals surface area contributed by atoms with Gasteiger partial charge in [0, 0.05) is 5.69 Å². The third-order valence-electron chi connectivity index (χ3n) is 4.70. The number of amides is 2. The molecule has 0 atom stereocenters. The van der Waals surface area contributed by atoms with Gasteiger partial charge in [0.25, 0.3) is 0 Å². The zero-order chi connectivity index (χ0) is 23.3. The van der Waals surface area contributed by atoms with Crippen LogP contribution in [0.15, 0.2) is 24.3 Å². The van der Waals surface area contributed by atoms with Gasteiger partial charge in [-0.2, -0.15) is 8.78 Å². The van der Waals surface area contributed by atoms with Crippen molar-refractivity contribution in [2.24, 2.45) is 0 Å². The van der Waals surface area contributed by atoms with Gasteiger partial charge in [-0.25, -0.2) is 13.6 Å². The number of ether oxygens (including phenoxy) is 2. The van der Waals surface area contributed by atoms with Crippen LogP contribution in [0.4, 0.5) is 28.0 Å². The Hall–Kier alpha value is -2.36. The van der Waals surface area contributed by atoms with Crippen LogP contribution in [0.3, 0.4) is 0 Å². The predicted octanol–water partition coefficient (Wildman–Crippen LogP) is 4.88. The van der Waals surface area contributed by atoms with Crippen molar-refractivity contribution in [3.05, 3.63) is 29.8 Å². The molecule has 2 rings (SSSR count). The summed E-state index contributed by atoms with van der Waals surface area (Å²) in [7, 11) is 0. The highest BCUT2D eigenvalue weighted by Gasteiger charge is 2.43. The standard InChI is InChI=1S/C21H28F4N2O4/c1-19(2,3)31-18(29)27-20(9-4-5-10-20)17(28)26-15-8-6-7-14(11-15)12-30-13-21(24,25)16(22)23/h6-8,11,16H,4-5,9-10,12-13H2,1-3H3,(H,26,28)(H,27,29). The number of nitrogens with one attached hydrogen (secondary N) is 2. The van der Waals surface area contributed by atoms with E-state index in [4.69, 9.17) is 9.47 Å². The summed E-state index contributed by atoms with van der Waals surface area (Å²) in [6.07, 6.45) is -2.08. The molecule has 1 fully saturated rings. The molecule has 1 aliphatic rings. The number of rotatable bonds is 8. The summed E-state index contributed by atoms with van der Waals surface area (Å²) in [4.78, 5) is 25.2. The van der Waals surface area contributed by atoms with E-state index in [2.05, 4.69) is 10.6 Å². The molecule has 0 aliphatic heterocycles. The van der Waals surface area contributed by atoms with Crippen LogP contribution >= 0.6 is 0 Å². The molecule has 10 heteroatoms. The summed E-state index contributed by atoms with van der Waals surface area (Å²) in [6.45, 7) is 3.42. The van der Waals surface area contributed by atoms with Crippen molar-refractivity contribution in [3.63, 3.8) is 0 Å². The quantitative estimate of drug-likeness (QED) is 0.556. The maximum Gasteiger partial charge on any atom is 0.408 e. The molecule has 0 saturated heterocycles. The molecule has 0 aromatic heterocycles. The number of hydrogen-bond donors (Lipinski definition) is 2. The number of halogens is 4. The molecule has 1 aromatic rings. The Morgan fingerprint density at radius 1 is 1.16 bits per heavy atom. The highest BCUT2D eigenvalue weighted by atomic mass is 19.3. The third kappa shape index (κ3) is 7.37. The average molecular weight is 448 g/mol. The number of carbonyl (C=O) groups excluding carboxylic acids is 2. The molecule has 1 saturated carbocycles. The zero-order valence-corrected chi connectivity index (χ0v) is 17.8. The van der Waals surface area contributed by atoms with Crippen molar-refractivity contribution in [3.8, 4) is 0 Å². The first-order chi connectivity index (χ1) is 14.3. The molecule has 0 unspecified atom stereocenters. The van der Waals surface area contributed by atoms with Crippen LogP contribution in [0.1, 0.15) is 52.0 Å². The first-order valence-electron chi connectivity index (χ1n) is 9.98. The number of anilines is 1. The Bertz CT molecular complexity index is 775. The topological polar surface area (TPSA) is 76.7 Å². The van der Waals surface area contributed by atoms with Crippen LogP contribution in [0.5, 0.6) is 0 Å². The van der Waals surface area contributed by atoms with Crippen molar-refractivity contribution in [2.75, 3.05) is 11.9 Å². The lowest BCUT2D eigenvalue weighted by Gasteiger charge is -2.30. The van der Waals surface area contributed by atoms with Crippen molar-refractivity contribution < 1.29 is 36.6 Å². The fourth-order valence-electron chi connectivity index (χ4n) is 3.24. The van der Waals surface area contributed by atoms with Crippen LogP contribution in [-0.2, 0) is 20.9 Å². The summed E-state index contributed by atoms with van der Waals surface area (Å²) in [5.41, 5.74) is -1.04. The number of alkyl halides is 4. The van der Waals surface area contributed by atoms with Gasteiger partial charge in [0.2, 0.25) is 5.91 Å². The van der Waals surface area contributed by atoms with Crippen molar-refractivity contribution in [1.29, 1.82) is 0 Å². The van der Waals surface area contributed by atoms with Crippen LogP contribution < -0.4 is 10.6 Å². The van der Waals surface area contributed by atoms with Crippen molar-refractivity contribution >= 4 is 17.7 Å². The second kappa shape index (κ2) is 9.84. The summed E-state index contributed by atoms with van der Waals surface area (Å²) < 4.78 is 60.3. The van der Waals surface area contributed by atoms with E-state index in [-0.39, 0.29) is 6.61 Å². The normalized spacial score (nSPS) is 16.3. The van der Waals surface area contributed by atoms with Crippen molar-refractivity contribution in [2.45, 2.75) is 76.5 Å². The maximum atomic E-state index is 13.0. The molecule has 0 bridgehead atoms. The molecule has 0 spiro atoms. The van der Waals surface area contributed by atoms with E-state index in [0.717, 1.165) is 12.8 Å². The molecule has 1 aliphatic carbocycles. The van der Waals surface area contributed by atoms with Crippen LogP contribution in [0.25, 0.3) is 0 Å². The van der Waals surface area contributed by atoms with Crippen LogP contribution in [0, 0.1) is 0 Å². The fraction of sp³-hybridized carbons (Fsp3) is 0.619. The van der Waals surface area contributed by atoms with Crippen LogP contribution in [-0.4, -0.2) is 42.1 Å². The first-order valence-corrected chi connectivity index (χ1v) is 9.98. The number of benzene rings is 1. The SMILES string of the molecule is CC(C)(C)OC(=O)NC1(C(=O)Nc2cccc(COCC(F)(F)C(F)F)c2)CCCC1. The molecule has 1 aromatic carbocycles. The molecular weight excluding hydrogens is 420 g/mol. The van der Waals surface area contributed by atoms with Crippen LogP contribution in [0.2, 0.25) is 0 Å². The highest BCUT2D eigenvalue weighted by molar-refractivity contribution is 6.00. The lowest BCUT2D eigenvalue weighted by Crippen LogP contribution is -2.55. The summed E-state index contributed by atoms with van der Waals surface area (Å²) in [5.74, 6) is -4.65. The van der Waals surface area contributed by atoms with Gasteiger partial charge in [-0.1, -0.05) is 25.0 Å². The van der Waals surface area contributed by atoms with E-state index < -0.39 is 42.1 Å². The van der Waals surface area contributed by atoms with E-state index in [1.165, 1.54) is 6.07 Å². The zero-order valence-electron chi connectivity index (χ0n) is 17.8. The highest BCUT2D eigenvalue weighted by Crippen LogP contribution is 2.31. The summed E-state index contributed by atoms with van der Waals surface area (Å²) in [5, 5.41) is 5.42. The Labute approximate surface area is 178 Å². The van der Waals surface area contributed by atoms with E-state index in [1.54, 1.807) is 39.0 Å². The molecule has 2 amide bonds. The minimum Gasteiger partial charge on any atom is -0.444 e. The van der Waals surface area contributed by atoms with E-state index >= 15 is 0 Å². The number of alkyl carbamates (subject to hydrolysis) is 1. The van der Waals surface area contributed by atoms with Gasteiger partial charge in [-0.15, -0.1) is 0 Å². The van der Waals surface area contributed by atoms with Gasteiger partial charge >= 0.3 is 18.4 Å². The van der Waals surface area contributed by atoms with E-state index in [0.29, 0.717) is 24.1 Å². The lowest BCUT2D eigenvalue weighted by molar-refractivity contribution is -0.168. The fourth-order valence-corrected chi connectivity index (χ4v) is 3.24. The first kappa shape index (κ1) is 24.9. The van der Waals surface area contributed by atoms with E-state index in [9.17, 15) is 27.2 Å². The predicted molar refractivity (Wildman–Crippen MR) is 106 cm³/mol. The summed E-state index contributed by atoms with van der Waals surface area (Å²) >= 11 is 0. The van der Waals surface area contributed by atoms with Gasteiger partial charge in [0.05, 0.1) is 6.61 Å². The maximum absolute atomic E-state index is 13.0. The Morgan fingerprint density at radius 2 is 1.81 bits per heavy atom. The minimum absolute atomic E-state index is 0.326. The second-order valence-electron chi connectivity index (χ2n) is 8.63. The Morgan fingerprint density at radius 3 is 2.39 bits per heavy atom. The number of carbonyl (C=O) groups is 2. The molecule has 31 heavy (non-hydrogen) atoms. The van der Waals surface area contributed by atoms with E-state index in [1.807, 2.05) is 0 Å². The molecule has 2 N–H and O–H groups in total. The molecule has 6 nitrogen and oxygen atoms in total. The largest absolute Gasteiger partial charge is 0.444 e. The molecular formula is C21H28F4N2O4. The monoisotopic (exact) mass is 448 g/mol. The Balaban J connectivity index is 2.01. The second-order valence-corrected chi connectivity index (χ2v) is 8.63. The van der Waals surface area contributed by atoms with Gasteiger partial charge in [0.15, 0.2) is 0 Å². The molecule has 0 radical (unpaired) electrons. The molecule has 174 valence electrons. The number of hydrogen-bond acceptors (Lipinski definition) is 4.